The van der Waals surface area contributed by atoms with Crippen molar-refractivity contribution in [2.45, 2.75) is 20.9 Å². The van der Waals surface area contributed by atoms with Gasteiger partial charge in [0, 0.05) is 6.07 Å². The topological polar surface area (TPSA) is 26.3 Å². The number of carbonyl (C=O) groups excluding carboxylic acids is 1. The molecule has 0 N–H and O–H groups in total. The van der Waals surface area contributed by atoms with Crippen molar-refractivity contribution >= 4 is 27.6 Å². The van der Waals surface area contributed by atoms with Crippen LogP contribution < -0.4 is 0 Å². The van der Waals surface area contributed by atoms with Gasteiger partial charge in [0.25, 0.3) is 0 Å². The maximum absolute atomic E-state index is 12.6. The Kier molecular flexibility index (Phi) is 6.00. The number of carbonyl (C=O) groups is 1. The first-order valence-electron chi connectivity index (χ1n) is 9.53. The molecule has 0 aliphatic carbocycles. The molecule has 156 valence electrons. The second kappa shape index (κ2) is 8.86. The molecule has 2 nitrogen and oxygen atoms in total. The standard InChI is InChI=1S/C25H18F3O2S/c26-25(27,28)17-30-24(29)22-12-6-7-13-23(22)31(20-10-2-1-3-11-20)21-15-14-18-8-4-5-9-19(18)16-21/h1-16H,17H2/q+1. The highest BCUT2D eigenvalue weighted by molar-refractivity contribution is 7.97. The van der Waals surface area contributed by atoms with Crippen LogP contribution in [0.5, 0.6) is 0 Å². The van der Waals surface area contributed by atoms with Gasteiger partial charge in [-0.1, -0.05) is 54.6 Å². The van der Waals surface area contributed by atoms with Crippen LogP contribution in [0.1, 0.15) is 10.4 Å². The van der Waals surface area contributed by atoms with E-state index < -0.39 is 29.6 Å². The Hall–Kier alpha value is -3.25. The van der Waals surface area contributed by atoms with Crippen LogP contribution in [0.3, 0.4) is 0 Å². The van der Waals surface area contributed by atoms with Crippen LogP contribution in [0.15, 0.2) is 112 Å². The molecule has 0 aliphatic rings. The lowest BCUT2D eigenvalue weighted by Crippen LogP contribution is -2.21. The number of halogens is 3. The lowest BCUT2D eigenvalue weighted by molar-refractivity contribution is -0.161. The molecule has 0 fully saturated rings. The Morgan fingerprint density at radius 1 is 0.742 bits per heavy atom. The van der Waals surface area contributed by atoms with Crippen molar-refractivity contribution in [1.29, 1.82) is 0 Å². The van der Waals surface area contributed by atoms with Crippen molar-refractivity contribution in [3.8, 4) is 0 Å². The molecule has 0 aliphatic heterocycles. The first-order valence-corrected chi connectivity index (χ1v) is 10.8. The van der Waals surface area contributed by atoms with Gasteiger partial charge < -0.3 is 4.74 Å². The number of hydrogen-bond acceptors (Lipinski definition) is 2. The molecule has 6 heteroatoms. The maximum atomic E-state index is 12.6. The van der Waals surface area contributed by atoms with E-state index in [-0.39, 0.29) is 5.56 Å². The van der Waals surface area contributed by atoms with E-state index in [4.69, 9.17) is 0 Å². The van der Waals surface area contributed by atoms with Crippen LogP contribution in [0.2, 0.25) is 0 Å². The maximum Gasteiger partial charge on any atom is 0.422 e. The van der Waals surface area contributed by atoms with Gasteiger partial charge >= 0.3 is 12.1 Å². The molecular weight excluding hydrogens is 421 g/mol. The number of rotatable bonds is 5. The molecule has 4 rings (SSSR count). The van der Waals surface area contributed by atoms with E-state index in [2.05, 4.69) is 10.8 Å². The Balaban J connectivity index is 1.83. The van der Waals surface area contributed by atoms with E-state index >= 15 is 0 Å². The SMILES string of the molecule is O=C(OCC(F)(F)F)c1ccccc1[S+](c1ccccc1)c1ccc2ccccc2c1. The molecule has 0 radical (unpaired) electrons. The van der Waals surface area contributed by atoms with Crippen molar-refractivity contribution in [3.05, 3.63) is 103 Å². The number of benzene rings is 4. The molecule has 4 aromatic carbocycles. The van der Waals surface area contributed by atoms with Gasteiger partial charge in [0.15, 0.2) is 21.3 Å². The van der Waals surface area contributed by atoms with E-state index in [0.717, 1.165) is 20.6 Å². The summed E-state index contributed by atoms with van der Waals surface area (Å²) in [6.07, 6.45) is -4.58. The minimum atomic E-state index is -4.58. The summed E-state index contributed by atoms with van der Waals surface area (Å²) in [4.78, 5) is 15.1. The zero-order valence-corrected chi connectivity index (χ0v) is 17.1. The summed E-state index contributed by atoms with van der Waals surface area (Å²) in [5, 5.41) is 2.13. The normalized spacial score (nSPS) is 12.5. The smallest absolute Gasteiger partial charge is 0.422 e. The third-order valence-corrected chi connectivity index (χ3v) is 6.89. The second-order valence-corrected chi connectivity index (χ2v) is 8.81. The van der Waals surface area contributed by atoms with Crippen molar-refractivity contribution in [3.63, 3.8) is 0 Å². The molecule has 0 aromatic heterocycles. The number of fused-ring (bicyclic) bond motifs is 1. The van der Waals surface area contributed by atoms with E-state index in [1.807, 2.05) is 66.7 Å². The van der Waals surface area contributed by atoms with Gasteiger partial charge in [-0.25, -0.2) is 4.79 Å². The molecule has 0 saturated heterocycles. The minimum Gasteiger partial charge on any atom is -0.452 e. The fourth-order valence-corrected chi connectivity index (χ4v) is 5.52. The third kappa shape index (κ3) is 4.91. The van der Waals surface area contributed by atoms with E-state index in [1.54, 1.807) is 18.2 Å². The molecular formula is C25H18F3O2S+. The zero-order valence-electron chi connectivity index (χ0n) is 16.3. The molecule has 0 heterocycles. The summed E-state index contributed by atoms with van der Waals surface area (Å²) in [6, 6.07) is 30.3. The number of esters is 1. The van der Waals surface area contributed by atoms with E-state index in [0.29, 0.717) is 4.90 Å². The van der Waals surface area contributed by atoms with Crippen molar-refractivity contribution in [2.24, 2.45) is 0 Å². The zero-order chi connectivity index (χ0) is 21.8. The Bertz CT molecular complexity index is 1210. The Morgan fingerprint density at radius 3 is 2.13 bits per heavy atom. The van der Waals surface area contributed by atoms with Crippen LogP contribution in [-0.4, -0.2) is 18.8 Å². The summed E-state index contributed by atoms with van der Waals surface area (Å²) < 4.78 is 42.3. The van der Waals surface area contributed by atoms with Crippen LogP contribution in [0, 0.1) is 0 Å². The average Bonchev–Trinajstić information content (AvgIpc) is 2.78. The first-order chi connectivity index (χ1) is 14.9. The summed E-state index contributed by atoms with van der Waals surface area (Å²) in [7, 11) is -0.710. The molecule has 1 atom stereocenters. The summed E-state index contributed by atoms with van der Waals surface area (Å²) in [6.45, 7) is -1.62. The lowest BCUT2D eigenvalue weighted by Gasteiger charge is -2.13. The van der Waals surface area contributed by atoms with Crippen molar-refractivity contribution in [1.82, 2.24) is 0 Å². The predicted octanol–water partition coefficient (Wildman–Crippen LogP) is 6.65. The summed E-state index contributed by atoms with van der Waals surface area (Å²) in [5.74, 6) is -0.984. The summed E-state index contributed by atoms with van der Waals surface area (Å²) in [5.41, 5.74) is 0.132. The average molecular weight is 439 g/mol. The molecule has 31 heavy (non-hydrogen) atoms. The third-order valence-electron chi connectivity index (χ3n) is 4.63. The molecule has 0 amide bonds. The number of hydrogen-bond donors (Lipinski definition) is 0. The van der Waals surface area contributed by atoms with Gasteiger partial charge in [-0.3, -0.25) is 0 Å². The fraction of sp³-hybridized carbons (Fsp3) is 0.0800. The van der Waals surface area contributed by atoms with Crippen molar-refractivity contribution < 1.29 is 22.7 Å². The van der Waals surface area contributed by atoms with E-state index in [9.17, 15) is 18.0 Å². The van der Waals surface area contributed by atoms with Gasteiger partial charge in [0.05, 0.1) is 0 Å². The second-order valence-electron chi connectivity index (χ2n) is 6.82. The van der Waals surface area contributed by atoms with Crippen molar-refractivity contribution in [2.75, 3.05) is 6.61 Å². The van der Waals surface area contributed by atoms with Crippen LogP contribution in [-0.2, 0) is 15.6 Å². The van der Waals surface area contributed by atoms with Gasteiger partial charge in [-0.05, 0) is 47.2 Å². The Labute approximate surface area is 180 Å². The quantitative estimate of drug-likeness (QED) is 0.257. The number of ether oxygens (including phenoxy) is 1. The lowest BCUT2D eigenvalue weighted by atomic mass is 10.1. The molecule has 0 saturated carbocycles. The molecule has 1 unspecified atom stereocenters. The highest BCUT2D eigenvalue weighted by Gasteiger charge is 2.35. The highest BCUT2D eigenvalue weighted by Crippen LogP contribution is 2.35. The highest BCUT2D eigenvalue weighted by atomic mass is 32.2. The molecule has 4 aromatic rings. The largest absolute Gasteiger partial charge is 0.452 e. The fourth-order valence-electron chi connectivity index (χ4n) is 3.28. The monoisotopic (exact) mass is 439 g/mol. The van der Waals surface area contributed by atoms with Gasteiger partial charge in [0.1, 0.15) is 16.5 Å². The van der Waals surface area contributed by atoms with E-state index in [1.165, 1.54) is 6.07 Å². The predicted molar refractivity (Wildman–Crippen MR) is 115 cm³/mol. The molecule has 0 bridgehead atoms. The minimum absolute atomic E-state index is 0.132. The molecule has 0 spiro atoms. The van der Waals surface area contributed by atoms with Crippen LogP contribution >= 0.6 is 0 Å². The van der Waals surface area contributed by atoms with Gasteiger partial charge in [-0.15, -0.1) is 0 Å². The van der Waals surface area contributed by atoms with Gasteiger partial charge in [-0.2, -0.15) is 13.2 Å². The first kappa shape index (κ1) is 21.0. The van der Waals surface area contributed by atoms with Crippen LogP contribution in [0.25, 0.3) is 10.8 Å². The van der Waals surface area contributed by atoms with Crippen LogP contribution in [0.4, 0.5) is 13.2 Å². The summed E-state index contributed by atoms with van der Waals surface area (Å²) >= 11 is 0. The van der Waals surface area contributed by atoms with Gasteiger partial charge in [0.2, 0.25) is 0 Å². The number of alkyl halides is 3. The Morgan fingerprint density at radius 2 is 1.39 bits per heavy atom.